The van der Waals surface area contributed by atoms with Crippen molar-refractivity contribution in [2.24, 2.45) is 7.05 Å². The van der Waals surface area contributed by atoms with Crippen LogP contribution in [0.15, 0.2) is 24.3 Å². The highest BCUT2D eigenvalue weighted by molar-refractivity contribution is 6.33. The number of benzene rings is 1. The van der Waals surface area contributed by atoms with Gasteiger partial charge in [0.25, 0.3) is 0 Å². The van der Waals surface area contributed by atoms with Gasteiger partial charge >= 0.3 is 5.97 Å². The molecule has 2 aromatic rings. The molecule has 0 radical (unpaired) electrons. The van der Waals surface area contributed by atoms with Gasteiger partial charge in [0.15, 0.2) is 0 Å². The molecule has 0 bridgehead atoms. The van der Waals surface area contributed by atoms with E-state index in [1.807, 2.05) is 17.7 Å². The Morgan fingerprint density at radius 3 is 2.68 bits per heavy atom. The molecule has 100 valence electrons. The lowest BCUT2D eigenvalue weighted by Crippen LogP contribution is -1.88. The standard InChI is InChI=1S/C15H16ClNO2/c1-9(2)10-4-6-13-12(8-10)11(5-7-14(18)19)15(16)17(13)3/h4-9H,1-3H3,(H,18,19)/b7-5+. The number of rotatable bonds is 3. The fourth-order valence-electron chi connectivity index (χ4n) is 2.13. The van der Waals surface area contributed by atoms with Crippen LogP contribution in [0.3, 0.4) is 0 Å². The summed E-state index contributed by atoms with van der Waals surface area (Å²) < 4.78 is 1.86. The van der Waals surface area contributed by atoms with E-state index >= 15 is 0 Å². The van der Waals surface area contributed by atoms with Crippen molar-refractivity contribution in [3.63, 3.8) is 0 Å². The molecule has 0 aliphatic carbocycles. The molecular weight excluding hydrogens is 262 g/mol. The molecule has 3 nitrogen and oxygen atoms in total. The minimum atomic E-state index is -0.979. The number of hydrogen-bond donors (Lipinski definition) is 1. The minimum Gasteiger partial charge on any atom is -0.478 e. The van der Waals surface area contributed by atoms with Crippen molar-refractivity contribution in [1.82, 2.24) is 4.57 Å². The first kappa shape index (κ1) is 13.7. The molecule has 0 fully saturated rings. The molecule has 0 spiro atoms. The maximum atomic E-state index is 10.7. The van der Waals surface area contributed by atoms with Crippen LogP contribution in [0.25, 0.3) is 17.0 Å². The Kier molecular flexibility index (Phi) is 3.67. The predicted molar refractivity (Wildman–Crippen MR) is 78.7 cm³/mol. The van der Waals surface area contributed by atoms with Gasteiger partial charge in [0.05, 0.1) is 0 Å². The van der Waals surface area contributed by atoms with Gasteiger partial charge in [-0.3, -0.25) is 0 Å². The summed E-state index contributed by atoms with van der Waals surface area (Å²) in [7, 11) is 1.87. The third kappa shape index (κ3) is 2.51. The van der Waals surface area contributed by atoms with E-state index in [-0.39, 0.29) is 0 Å². The van der Waals surface area contributed by atoms with Crippen LogP contribution in [0.4, 0.5) is 0 Å². The van der Waals surface area contributed by atoms with E-state index in [1.165, 1.54) is 5.56 Å². The summed E-state index contributed by atoms with van der Waals surface area (Å²) in [6.07, 6.45) is 2.67. The van der Waals surface area contributed by atoms with Crippen molar-refractivity contribution in [2.75, 3.05) is 0 Å². The predicted octanol–water partition coefficient (Wildman–Crippen LogP) is 4.05. The van der Waals surface area contributed by atoms with Crippen LogP contribution in [-0.4, -0.2) is 15.6 Å². The lowest BCUT2D eigenvalue weighted by atomic mass is 10.0. The van der Waals surface area contributed by atoms with Crippen LogP contribution < -0.4 is 0 Å². The zero-order valence-electron chi connectivity index (χ0n) is 11.1. The highest BCUT2D eigenvalue weighted by Crippen LogP contribution is 2.32. The second-order valence-corrected chi connectivity index (χ2v) is 5.22. The molecule has 1 aromatic heterocycles. The van der Waals surface area contributed by atoms with Crippen LogP contribution in [0.5, 0.6) is 0 Å². The van der Waals surface area contributed by atoms with E-state index in [0.717, 1.165) is 22.5 Å². The molecule has 1 heterocycles. The molecule has 0 aliphatic rings. The van der Waals surface area contributed by atoms with Gasteiger partial charge < -0.3 is 9.67 Å². The number of fused-ring (bicyclic) bond motifs is 1. The molecule has 0 amide bonds. The molecule has 0 atom stereocenters. The number of carboxylic acid groups (broad SMARTS) is 1. The van der Waals surface area contributed by atoms with Gasteiger partial charge in [-0.05, 0) is 29.7 Å². The first-order valence-corrected chi connectivity index (χ1v) is 6.48. The summed E-state index contributed by atoms with van der Waals surface area (Å²) >= 11 is 6.27. The summed E-state index contributed by atoms with van der Waals surface area (Å²) in [6.45, 7) is 4.25. The van der Waals surface area contributed by atoms with Gasteiger partial charge in [0.2, 0.25) is 0 Å². The fourth-order valence-corrected chi connectivity index (χ4v) is 2.39. The number of nitrogens with zero attached hydrogens (tertiary/aromatic N) is 1. The largest absolute Gasteiger partial charge is 0.478 e. The molecule has 0 saturated heterocycles. The first-order valence-electron chi connectivity index (χ1n) is 6.10. The number of aliphatic carboxylic acids is 1. The number of aryl methyl sites for hydroxylation is 1. The van der Waals surface area contributed by atoms with Crippen LogP contribution in [0, 0.1) is 0 Å². The molecular formula is C15H16ClNO2. The van der Waals surface area contributed by atoms with E-state index in [9.17, 15) is 4.79 Å². The number of carbonyl (C=O) groups is 1. The number of hydrogen-bond acceptors (Lipinski definition) is 1. The van der Waals surface area contributed by atoms with E-state index in [4.69, 9.17) is 16.7 Å². The Labute approximate surface area is 117 Å². The topological polar surface area (TPSA) is 42.2 Å². The van der Waals surface area contributed by atoms with E-state index in [2.05, 4.69) is 26.0 Å². The Bertz CT molecular complexity index is 668. The maximum absolute atomic E-state index is 10.7. The zero-order valence-corrected chi connectivity index (χ0v) is 11.9. The van der Waals surface area contributed by atoms with Crippen molar-refractivity contribution in [3.8, 4) is 0 Å². The summed E-state index contributed by atoms with van der Waals surface area (Å²) in [6, 6.07) is 6.18. The third-order valence-electron chi connectivity index (χ3n) is 3.25. The third-order valence-corrected chi connectivity index (χ3v) is 3.71. The Hall–Kier alpha value is -1.74. The smallest absolute Gasteiger partial charge is 0.328 e. The Balaban J connectivity index is 2.70. The van der Waals surface area contributed by atoms with Crippen molar-refractivity contribution in [1.29, 1.82) is 0 Å². The molecule has 4 heteroatoms. The average molecular weight is 278 g/mol. The summed E-state index contributed by atoms with van der Waals surface area (Å²) in [5.41, 5.74) is 2.96. The quantitative estimate of drug-likeness (QED) is 0.860. The second-order valence-electron chi connectivity index (χ2n) is 4.87. The highest BCUT2D eigenvalue weighted by Gasteiger charge is 2.13. The summed E-state index contributed by atoms with van der Waals surface area (Å²) in [5, 5.41) is 10.3. The maximum Gasteiger partial charge on any atom is 0.328 e. The van der Waals surface area contributed by atoms with Crippen molar-refractivity contribution >= 4 is 34.5 Å². The SMILES string of the molecule is CC(C)c1ccc2c(c1)c(/C=C/C(=O)O)c(Cl)n2C. The minimum absolute atomic E-state index is 0.416. The second kappa shape index (κ2) is 5.10. The normalized spacial score (nSPS) is 11.8. The number of halogens is 1. The molecule has 2 rings (SSSR count). The number of carboxylic acids is 1. The molecule has 1 aromatic carbocycles. The van der Waals surface area contributed by atoms with Gasteiger partial charge in [-0.25, -0.2) is 4.79 Å². The molecule has 0 unspecified atom stereocenters. The van der Waals surface area contributed by atoms with Gasteiger partial charge in [0, 0.05) is 29.6 Å². The van der Waals surface area contributed by atoms with Gasteiger partial charge in [-0.1, -0.05) is 31.5 Å². The summed E-state index contributed by atoms with van der Waals surface area (Å²) in [4.78, 5) is 10.7. The Morgan fingerprint density at radius 1 is 1.42 bits per heavy atom. The molecule has 0 aliphatic heterocycles. The Morgan fingerprint density at radius 2 is 2.11 bits per heavy atom. The molecule has 0 saturated carbocycles. The molecule has 19 heavy (non-hydrogen) atoms. The van der Waals surface area contributed by atoms with Gasteiger partial charge in [0.1, 0.15) is 5.15 Å². The van der Waals surface area contributed by atoms with E-state index in [0.29, 0.717) is 11.1 Å². The number of aromatic nitrogens is 1. The van der Waals surface area contributed by atoms with Crippen molar-refractivity contribution in [3.05, 3.63) is 40.6 Å². The zero-order chi connectivity index (χ0) is 14.2. The van der Waals surface area contributed by atoms with Gasteiger partial charge in [-0.15, -0.1) is 0 Å². The lowest BCUT2D eigenvalue weighted by Gasteiger charge is -2.05. The van der Waals surface area contributed by atoms with E-state index < -0.39 is 5.97 Å². The van der Waals surface area contributed by atoms with Gasteiger partial charge in [-0.2, -0.15) is 0 Å². The summed E-state index contributed by atoms with van der Waals surface area (Å²) in [5.74, 6) is -0.562. The lowest BCUT2D eigenvalue weighted by molar-refractivity contribution is -0.131. The van der Waals surface area contributed by atoms with Crippen molar-refractivity contribution < 1.29 is 9.90 Å². The van der Waals surface area contributed by atoms with Crippen LogP contribution >= 0.6 is 11.6 Å². The first-order chi connectivity index (χ1) is 8.91. The highest BCUT2D eigenvalue weighted by atomic mass is 35.5. The monoisotopic (exact) mass is 277 g/mol. The fraction of sp³-hybridized carbons (Fsp3) is 0.267. The average Bonchev–Trinajstić information content (AvgIpc) is 2.59. The molecule has 1 N–H and O–H groups in total. The van der Waals surface area contributed by atoms with Crippen LogP contribution in [-0.2, 0) is 11.8 Å². The van der Waals surface area contributed by atoms with Crippen LogP contribution in [0.2, 0.25) is 5.15 Å². The van der Waals surface area contributed by atoms with Crippen LogP contribution in [0.1, 0.15) is 30.9 Å². The van der Waals surface area contributed by atoms with E-state index in [1.54, 1.807) is 6.08 Å². The van der Waals surface area contributed by atoms with Crippen molar-refractivity contribution in [2.45, 2.75) is 19.8 Å².